The normalized spacial score (nSPS) is 17.2. The van der Waals surface area contributed by atoms with Gasteiger partial charge >= 0.3 is 0 Å². The molecule has 0 bridgehead atoms. The van der Waals surface area contributed by atoms with Crippen LogP contribution in [0.25, 0.3) is 11.3 Å². The molecule has 0 radical (unpaired) electrons. The van der Waals surface area contributed by atoms with Crippen LogP contribution in [0.2, 0.25) is 0 Å². The Morgan fingerprint density at radius 3 is 2.29 bits per heavy atom. The molecule has 3 aromatic carbocycles. The standard InChI is InChI=1S/C27H24N4O6S/c1-18(32)31-24-17-21(29-34)9-12-23(24)25(27(31)33)26(19-5-3-2-4-6-19)28-20-7-10-22(11-8-20)38(35,36)30-13-15-37-16-14-30/h2-12,17,28H,13-16H2,1H3/b26-25-. The highest BCUT2D eigenvalue weighted by Gasteiger charge is 2.38. The van der Waals surface area contributed by atoms with Crippen molar-refractivity contribution in [3.05, 3.63) is 88.8 Å². The third kappa shape index (κ3) is 4.62. The lowest BCUT2D eigenvalue weighted by Gasteiger charge is -2.26. The first-order chi connectivity index (χ1) is 18.3. The van der Waals surface area contributed by atoms with Crippen LogP contribution < -0.4 is 10.2 Å². The zero-order chi connectivity index (χ0) is 26.9. The van der Waals surface area contributed by atoms with Crippen LogP contribution in [0.4, 0.5) is 17.1 Å². The summed E-state index contributed by atoms with van der Waals surface area (Å²) in [6.45, 7) is 2.56. The lowest BCUT2D eigenvalue weighted by Crippen LogP contribution is -2.40. The fourth-order valence-corrected chi connectivity index (χ4v) is 5.95. The summed E-state index contributed by atoms with van der Waals surface area (Å²) in [5.41, 5.74) is 2.72. The number of benzene rings is 3. The van der Waals surface area contributed by atoms with E-state index in [4.69, 9.17) is 4.74 Å². The number of nitroso groups, excluding NO2 is 1. The molecule has 11 heteroatoms. The minimum atomic E-state index is -3.67. The van der Waals surface area contributed by atoms with Crippen LogP contribution in [-0.2, 0) is 24.3 Å². The molecule has 2 amide bonds. The zero-order valence-corrected chi connectivity index (χ0v) is 21.3. The lowest BCUT2D eigenvalue weighted by molar-refractivity contribution is -0.122. The van der Waals surface area contributed by atoms with E-state index in [0.29, 0.717) is 48.8 Å². The number of nitrogens with one attached hydrogen (secondary N) is 1. The van der Waals surface area contributed by atoms with E-state index >= 15 is 0 Å². The average Bonchev–Trinajstić information content (AvgIpc) is 3.23. The second-order valence-electron chi connectivity index (χ2n) is 8.73. The quantitative estimate of drug-likeness (QED) is 0.376. The summed E-state index contributed by atoms with van der Waals surface area (Å²) in [6, 6.07) is 19.8. The van der Waals surface area contributed by atoms with Gasteiger partial charge in [-0.25, -0.2) is 13.3 Å². The van der Waals surface area contributed by atoms with Crippen molar-refractivity contribution in [1.29, 1.82) is 0 Å². The van der Waals surface area contributed by atoms with E-state index < -0.39 is 21.8 Å². The molecule has 0 spiro atoms. The number of anilines is 2. The molecule has 1 saturated heterocycles. The van der Waals surface area contributed by atoms with Gasteiger partial charge in [0, 0.05) is 31.3 Å². The molecule has 38 heavy (non-hydrogen) atoms. The predicted octanol–water partition coefficient (Wildman–Crippen LogP) is 3.98. The summed E-state index contributed by atoms with van der Waals surface area (Å²) in [6.07, 6.45) is 0. The fraction of sp³-hybridized carbons (Fsp3) is 0.185. The first-order valence-corrected chi connectivity index (χ1v) is 13.3. The molecule has 3 aromatic rings. The minimum absolute atomic E-state index is 0.0929. The van der Waals surface area contributed by atoms with Crippen molar-refractivity contribution in [3.63, 3.8) is 0 Å². The molecule has 194 valence electrons. The lowest BCUT2D eigenvalue weighted by atomic mass is 10.00. The van der Waals surface area contributed by atoms with Crippen molar-refractivity contribution < 1.29 is 22.7 Å². The van der Waals surface area contributed by atoms with Crippen molar-refractivity contribution in [2.75, 3.05) is 36.5 Å². The first kappa shape index (κ1) is 25.5. The smallest absolute Gasteiger partial charge is 0.267 e. The van der Waals surface area contributed by atoms with Gasteiger partial charge in [-0.2, -0.15) is 4.31 Å². The largest absolute Gasteiger partial charge is 0.379 e. The van der Waals surface area contributed by atoms with Gasteiger partial charge in [0.15, 0.2) is 0 Å². The highest BCUT2D eigenvalue weighted by atomic mass is 32.2. The molecule has 2 aliphatic rings. The Bertz CT molecular complexity index is 1550. The molecule has 1 fully saturated rings. The van der Waals surface area contributed by atoms with Crippen LogP contribution in [-0.4, -0.2) is 50.8 Å². The van der Waals surface area contributed by atoms with Gasteiger partial charge < -0.3 is 10.1 Å². The summed E-state index contributed by atoms with van der Waals surface area (Å²) >= 11 is 0. The number of nitrogens with zero attached hydrogens (tertiary/aromatic N) is 3. The van der Waals surface area contributed by atoms with Gasteiger partial charge in [-0.05, 0) is 53.2 Å². The van der Waals surface area contributed by atoms with Gasteiger partial charge in [-0.3, -0.25) is 9.59 Å². The van der Waals surface area contributed by atoms with Crippen molar-refractivity contribution in [1.82, 2.24) is 4.31 Å². The maximum absolute atomic E-state index is 13.6. The Hall–Kier alpha value is -4.19. The molecule has 1 N–H and O–H groups in total. The molecular weight excluding hydrogens is 508 g/mol. The fourth-order valence-electron chi connectivity index (χ4n) is 4.54. The van der Waals surface area contributed by atoms with E-state index in [1.807, 2.05) is 30.3 Å². The number of amides is 2. The monoisotopic (exact) mass is 532 g/mol. The SMILES string of the molecule is CC(=O)N1C(=O)/C(=C(\Nc2ccc(S(=O)(=O)N3CCOCC3)cc2)c2ccccc2)c2ccc(N=O)cc21. The van der Waals surface area contributed by atoms with E-state index in [9.17, 15) is 22.9 Å². The van der Waals surface area contributed by atoms with E-state index in [-0.39, 0.29) is 21.8 Å². The predicted molar refractivity (Wildman–Crippen MR) is 143 cm³/mol. The third-order valence-corrected chi connectivity index (χ3v) is 8.29. The number of imide groups is 1. The van der Waals surface area contributed by atoms with Crippen LogP contribution in [0.1, 0.15) is 18.1 Å². The molecule has 0 saturated carbocycles. The summed E-state index contributed by atoms with van der Waals surface area (Å²) in [5, 5.41) is 6.20. The van der Waals surface area contributed by atoms with E-state index in [0.717, 1.165) is 4.90 Å². The summed E-state index contributed by atoms with van der Waals surface area (Å²) < 4.78 is 32.7. The molecule has 0 aliphatic carbocycles. The summed E-state index contributed by atoms with van der Waals surface area (Å²) in [7, 11) is -3.67. The number of sulfonamides is 1. The van der Waals surface area contributed by atoms with Crippen molar-refractivity contribution in [3.8, 4) is 0 Å². The highest BCUT2D eigenvalue weighted by molar-refractivity contribution is 7.89. The molecule has 0 atom stereocenters. The van der Waals surface area contributed by atoms with Crippen LogP contribution in [0.5, 0.6) is 0 Å². The number of carbonyl (C=O) groups is 2. The zero-order valence-electron chi connectivity index (χ0n) is 20.5. The molecule has 5 rings (SSSR count). The van der Waals surface area contributed by atoms with Gasteiger partial charge in [0.1, 0.15) is 5.69 Å². The van der Waals surface area contributed by atoms with Gasteiger partial charge in [0.05, 0.1) is 35.1 Å². The second-order valence-corrected chi connectivity index (χ2v) is 10.7. The minimum Gasteiger partial charge on any atom is -0.379 e. The van der Waals surface area contributed by atoms with Gasteiger partial charge in [-0.15, -0.1) is 4.91 Å². The number of morpholine rings is 1. The number of hydrogen-bond acceptors (Lipinski definition) is 8. The van der Waals surface area contributed by atoms with Gasteiger partial charge in [0.2, 0.25) is 15.9 Å². The van der Waals surface area contributed by atoms with Crippen LogP contribution in [0.15, 0.2) is 82.9 Å². The molecule has 0 unspecified atom stereocenters. The van der Waals surface area contributed by atoms with Gasteiger partial charge in [0.25, 0.3) is 5.91 Å². The Labute approximate surface area is 219 Å². The molecular formula is C27H24N4O6S. The number of carbonyl (C=O) groups excluding carboxylic acids is 2. The Balaban J connectivity index is 1.58. The molecule has 0 aromatic heterocycles. The maximum atomic E-state index is 13.6. The summed E-state index contributed by atoms with van der Waals surface area (Å²) in [4.78, 5) is 38.3. The highest BCUT2D eigenvalue weighted by Crippen LogP contribution is 2.43. The van der Waals surface area contributed by atoms with Gasteiger partial charge in [-0.1, -0.05) is 30.3 Å². The van der Waals surface area contributed by atoms with Crippen LogP contribution >= 0.6 is 0 Å². The second kappa shape index (κ2) is 10.3. The van der Waals surface area contributed by atoms with E-state index in [1.54, 1.807) is 18.2 Å². The van der Waals surface area contributed by atoms with Crippen molar-refractivity contribution in [2.45, 2.75) is 11.8 Å². The van der Waals surface area contributed by atoms with E-state index in [1.165, 1.54) is 35.5 Å². The maximum Gasteiger partial charge on any atom is 0.267 e. The van der Waals surface area contributed by atoms with E-state index in [2.05, 4.69) is 10.5 Å². The van der Waals surface area contributed by atoms with Crippen molar-refractivity contribution in [2.24, 2.45) is 5.18 Å². The molecule has 10 nitrogen and oxygen atoms in total. The first-order valence-electron chi connectivity index (χ1n) is 11.9. The third-order valence-electron chi connectivity index (χ3n) is 6.37. The Morgan fingerprint density at radius 1 is 0.974 bits per heavy atom. The Morgan fingerprint density at radius 2 is 1.66 bits per heavy atom. The number of rotatable bonds is 6. The molecule has 2 aliphatic heterocycles. The Kier molecular flexibility index (Phi) is 6.89. The van der Waals surface area contributed by atoms with Crippen molar-refractivity contribution >= 4 is 50.2 Å². The molecule has 2 heterocycles. The average molecular weight is 533 g/mol. The summed E-state index contributed by atoms with van der Waals surface area (Å²) in [5.74, 6) is -1.05. The number of hydrogen-bond donors (Lipinski definition) is 1. The number of fused-ring (bicyclic) bond motifs is 1. The number of ether oxygens (including phenoxy) is 1. The topological polar surface area (TPSA) is 125 Å². The van der Waals surface area contributed by atoms with Crippen LogP contribution in [0, 0.1) is 4.91 Å². The van der Waals surface area contributed by atoms with Crippen LogP contribution in [0.3, 0.4) is 0 Å².